The Morgan fingerprint density at radius 1 is 0.562 bits per heavy atom. The molecule has 3 atom stereocenters. The maximum Gasteiger partial charge on any atom is 0.267 e. The molecule has 3 unspecified atom stereocenters. The molecule has 48 heavy (non-hydrogen) atoms. The van der Waals surface area contributed by atoms with Crippen molar-refractivity contribution < 1.29 is 28.0 Å². The first-order valence-electron chi connectivity index (χ1n) is 20.5. The second-order valence-corrected chi connectivity index (χ2v) is 15.9. The van der Waals surface area contributed by atoms with Gasteiger partial charge in [-0.25, -0.2) is 0 Å². The molecule has 7 nitrogen and oxygen atoms in total. The Labute approximate surface area is 297 Å². The van der Waals surface area contributed by atoms with Gasteiger partial charge >= 0.3 is 0 Å². The zero-order valence-electron chi connectivity index (χ0n) is 31.5. The van der Waals surface area contributed by atoms with Gasteiger partial charge in [0.05, 0.1) is 17.9 Å². The fourth-order valence-corrected chi connectivity index (χ4v) is 7.13. The molecule has 0 aromatic rings. The van der Waals surface area contributed by atoms with E-state index in [-0.39, 0.29) is 6.42 Å². The number of carbonyl (C=O) groups is 1. The maximum atomic E-state index is 12.6. The minimum Gasteiger partial charge on any atom is -0.387 e. The van der Waals surface area contributed by atoms with Crippen LogP contribution in [-0.4, -0.2) is 53.1 Å². The number of hydrogen-bond acceptors (Lipinski definition) is 5. The van der Waals surface area contributed by atoms with Crippen molar-refractivity contribution in [3.05, 3.63) is 12.2 Å². The van der Waals surface area contributed by atoms with Crippen LogP contribution < -0.4 is 5.32 Å². The molecule has 0 saturated carbocycles. The van der Waals surface area contributed by atoms with E-state index in [2.05, 4.69) is 19.2 Å². The summed E-state index contributed by atoms with van der Waals surface area (Å²) in [4.78, 5) is 12.6. The Hall–Kier alpha value is -0.960. The molecule has 0 heterocycles. The van der Waals surface area contributed by atoms with Gasteiger partial charge < -0.3 is 15.5 Å². The number of hydrogen-bond donors (Lipinski definition) is 4. The summed E-state index contributed by atoms with van der Waals surface area (Å²) in [6.07, 6.45) is 38.4. The van der Waals surface area contributed by atoms with Gasteiger partial charge in [-0.3, -0.25) is 9.35 Å². The first-order valence-corrected chi connectivity index (χ1v) is 22.1. The number of nitrogens with one attached hydrogen (secondary N) is 1. The summed E-state index contributed by atoms with van der Waals surface area (Å²) in [6.45, 7) is 4.50. The third-order valence-electron chi connectivity index (χ3n) is 9.57. The summed E-state index contributed by atoms with van der Waals surface area (Å²) in [5, 5.41) is 23.4. The van der Waals surface area contributed by atoms with Crippen LogP contribution in [0.5, 0.6) is 0 Å². The summed E-state index contributed by atoms with van der Waals surface area (Å²) < 4.78 is 32.5. The molecular formula is C40H79NO6S. The molecule has 0 bridgehead atoms. The monoisotopic (exact) mass is 702 g/mol. The van der Waals surface area contributed by atoms with Gasteiger partial charge in [-0.05, 0) is 19.3 Å². The molecule has 0 spiro atoms. The normalized spacial score (nSPS) is 14.0. The van der Waals surface area contributed by atoms with E-state index >= 15 is 0 Å². The average molecular weight is 702 g/mol. The molecule has 1 amide bonds. The Kier molecular flexibility index (Phi) is 33.8. The largest absolute Gasteiger partial charge is 0.387 e. The number of carbonyl (C=O) groups excluding carboxylic acids is 1. The van der Waals surface area contributed by atoms with Crippen LogP contribution in [0.2, 0.25) is 0 Å². The highest BCUT2D eigenvalue weighted by Gasteiger charge is 2.27. The predicted octanol–water partition coefficient (Wildman–Crippen LogP) is 10.8. The number of rotatable bonds is 37. The van der Waals surface area contributed by atoms with Gasteiger partial charge in [0.1, 0.15) is 6.10 Å². The SMILES string of the molecule is CCCCCCCCCCCCCCCCCCC/C=C/C(O)C(CS(=O)(=O)O)NC(=O)C(O)CCCCCCCCCCCCCC. The minimum absolute atomic E-state index is 0.285. The van der Waals surface area contributed by atoms with Crippen molar-refractivity contribution in [2.75, 3.05) is 5.75 Å². The Bertz CT molecular complexity index is 834. The van der Waals surface area contributed by atoms with E-state index in [4.69, 9.17) is 0 Å². The smallest absolute Gasteiger partial charge is 0.267 e. The van der Waals surface area contributed by atoms with Crippen molar-refractivity contribution >= 4 is 16.0 Å². The van der Waals surface area contributed by atoms with Crippen molar-refractivity contribution in [1.82, 2.24) is 5.32 Å². The third kappa shape index (κ3) is 33.5. The fraction of sp³-hybridized carbons (Fsp3) is 0.925. The molecule has 0 aliphatic carbocycles. The van der Waals surface area contributed by atoms with Gasteiger partial charge in [0.25, 0.3) is 10.1 Å². The van der Waals surface area contributed by atoms with Crippen LogP contribution in [0.15, 0.2) is 12.2 Å². The van der Waals surface area contributed by atoms with Crippen LogP contribution >= 0.6 is 0 Å². The van der Waals surface area contributed by atoms with Gasteiger partial charge in [-0.2, -0.15) is 8.42 Å². The molecule has 0 rings (SSSR count). The summed E-state index contributed by atoms with van der Waals surface area (Å²) in [5.41, 5.74) is 0. The standard InChI is InChI=1S/C40H79NO6S/c1-3-5-7-9-11-13-15-17-18-19-20-21-22-23-25-26-28-30-32-34-38(42)37(36-48(45,46)47)41-40(44)39(43)35-33-31-29-27-24-16-14-12-10-8-6-4-2/h32,34,37-39,42-43H,3-31,33,35-36H2,1-2H3,(H,41,44)(H,45,46,47)/b34-32+. The zero-order valence-corrected chi connectivity index (χ0v) is 32.3. The topological polar surface area (TPSA) is 124 Å². The van der Waals surface area contributed by atoms with E-state index < -0.39 is 40.0 Å². The molecular weight excluding hydrogens is 623 g/mol. The van der Waals surface area contributed by atoms with Crippen LogP contribution in [0.1, 0.15) is 213 Å². The molecule has 0 aromatic carbocycles. The highest BCUT2D eigenvalue weighted by Crippen LogP contribution is 2.16. The van der Waals surface area contributed by atoms with E-state index in [0.29, 0.717) is 6.42 Å². The lowest BCUT2D eigenvalue weighted by atomic mass is 10.0. The molecule has 0 aliphatic rings. The highest BCUT2D eigenvalue weighted by atomic mass is 32.2. The van der Waals surface area contributed by atoms with Crippen LogP contribution in [0, 0.1) is 0 Å². The Morgan fingerprint density at radius 3 is 1.25 bits per heavy atom. The highest BCUT2D eigenvalue weighted by molar-refractivity contribution is 7.85. The Balaban J connectivity index is 4.00. The van der Waals surface area contributed by atoms with Gasteiger partial charge in [0.2, 0.25) is 5.91 Å². The summed E-state index contributed by atoms with van der Waals surface area (Å²) in [5.74, 6) is -1.53. The molecule has 0 saturated heterocycles. The molecule has 0 radical (unpaired) electrons. The summed E-state index contributed by atoms with van der Waals surface area (Å²) in [6, 6.07) is -1.23. The zero-order chi connectivity index (χ0) is 35.6. The predicted molar refractivity (Wildman–Crippen MR) is 204 cm³/mol. The van der Waals surface area contributed by atoms with E-state index in [9.17, 15) is 28.0 Å². The second-order valence-electron chi connectivity index (χ2n) is 14.4. The molecule has 0 aromatic heterocycles. The first kappa shape index (κ1) is 47.0. The lowest BCUT2D eigenvalue weighted by Crippen LogP contribution is -2.50. The molecule has 4 N–H and O–H groups in total. The summed E-state index contributed by atoms with van der Waals surface area (Å²) >= 11 is 0. The molecule has 8 heteroatoms. The number of aliphatic hydroxyl groups excluding tert-OH is 2. The molecule has 286 valence electrons. The fourth-order valence-electron chi connectivity index (χ4n) is 6.40. The van der Waals surface area contributed by atoms with Crippen LogP contribution in [0.25, 0.3) is 0 Å². The average Bonchev–Trinajstić information content (AvgIpc) is 3.05. The Morgan fingerprint density at radius 2 is 0.896 bits per heavy atom. The van der Waals surface area contributed by atoms with Crippen molar-refractivity contribution in [2.45, 2.75) is 231 Å². The van der Waals surface area contributed by atoms with E-state index in [1.54, 1.807) is 0 Å². The number of allylic oxidation sites excluding steroid dienone is 1. The van der Waals surface area contributed by atoms with Gasteiger partial charge in [-0.15, -0.1) is 0 Å². The second kappa shape index (κ2) is 34.5. The number of amides is 1. The van der Waals surface area contributed by atoms with Crippen LogP contribution in [0.4, 0.5) is 0 Å². The van der Waals surface area contributed by atoms with Gasteiger partial charge in [-0.1, -0.05) is 206 Å². The van der Waals surface area contributed by atoms with Gasteiger partial charge in [0, 0.05) is 0 Å². The van der Waals surface area contributed by atoms with E-state index in [0.717, 1.165) is 38.5 Å². The first-order chi connectivity index (χ1) is 23.2. The summed E-state index contributed by atoms with van der Waals surface area (Å²) in [7, 11) is -4.43. The number of unbranched alkanes of at least 4 members (excludes halogenated alkanes) is 28. The lowest BCUT2D eigenvalue weighted by Gasteiger charge is -2.22. The third-order valence-corrected chi connectivity index (χ3v) is 10.4. The van der Waals surface area contributed by atoms with Crippen LogP contribution in [-0.2, 0) is 14.9 Å². The van der Waals surface area contributed by atoms with Crippen LogP contribution in [0.3, 0.4) is 0 Å². The molecule has 0 aliphatic heterocycles. The maximum absolute atomic E-state index is 12.6. The van der Waals surface area contributed by atoms with E-state index in [1.165, 1.54) is 154 Å². The van der Waals surface area contributed by atoms with Gasteiger partial charge in [0.15, 0.2) is 0 Å². The quantitative estimate of drug-likeness (QED) is 0.0290. The van der Waals surface area contributed by atoms with E-state index in [1.807, 2.05) is 6.08 Å². The minimum atomic E-state index is -4.43. The van der Waals surface area contributed by atoms with Crippen molar-refractivity contribution in [3.63, 3.8) is 0 Å². The number of aliphatic hydroxyl groups is 2. The van der Waals surface area contributed by atoms with Crippen molar-refractivity contribution in [1.29, 1.82) is 0 Å². The molecule has 0 fully saturated rings. The lowest BCUT2D eigenvalue weighted by molar-refractivity contribution is -0.130. The van der Waals surface area contributed by atoms with Crippen molar-refractivity contribution in [3.8, 4) is 0 Å². The van der Waals surface area contributed by atoms with Crippen molar-refractivity contribution in [2.24, 2.45) is 0 Å².